The normalized spacial score (nSPS) is 17.5. The first kappa shape index (κ1) is 17.6. The van der Waals surface area contributed by atoms with Gasteiger partial charge in [0.25, 0.3) is 5.56 Å². The number of nitrogens with one attached hydrogen (secondary N) is 1. The number of benzene rings is 1. The van der Waals surface area contributed by atoms with E-state index in [0.717, 1.165) is 54.5 Å². The van der Waals surface area contributed by atoms with E-state index in [-0.39, 0.29) is 5.56 Å². The molecule has 0 saturated carbocycles. The molecule has 142 valence electrons. The van der Waals surface area contributed by atoms with E-state index in [9.17, 15) is 4.79 Å². The third-order valence-electron chi connectivity index (χ3n) is 5.20. The van der Waals surface area contributed by atoms with Crippen molar-refractivity contribution in [3.8, 4) is 11.5 Å². The number of hydrogen-bond donors (Lipinski definition) is 1. The molecule has 1 aliphatic rings. The van der Waals surface area contributed by atoms with Crippen molar-refractivity contribution in [1.82, 2.24) is 19.5 Å². The van der Waals surface area contributed by atoms with Crippen molar-refractivity contribution < 1.29 is 9.47 Å². The van der Waals surface area contributed by atoms with Gasteiger partial charge >= 0.3 is 0 Å². The minimum Gasteiger partial charge on any atom is -0.497 e. The zero-order valence-corrected chi connectivity index (χ0v) is 15.9. The highest BCUT2D eigenvalue weighted by atomic mass is 16.5. The number of hydrogen-bond acceptors (Lipinski definition) is 5. The van der Waals surface area contributed by atoms with Crippen LogP contribution in [-0.4, -0.2) is 46.8 Å². The van der Waals surface area contributed by atoms with Gasteiger partial charge in [0.15, 0.2) is 5.65 Å². The molecular weight excluding hydrogens is 344 g/mol. The third-order valence-corrected chi connectivity index (χ3v) is 5.20. The van der Waals surface area contributed by atoms with Gasteiger partial charge in [0.05, 0.1) is 14.2 Å². The third kappa shape index (κ3) is 3.42. The zero-order chi connectivity index (χ0) is 19.0. The number of fused-ring (bicyclic) bond motifs is 1. The number of nitrogens with zero attached hydrogens (tertiary/aromatic N) is 3. The van der Waals surface area contributed by atoms with Gasteiger partial charge in [-0.1, -0.05) is 6.07 Å². The number of aryl methyl sites for hydroxylation is 1. The first-order chi connectivity index (χ1) is 13.1. The average molecular weight is 368 g/mol. The van der Waals surface area contributed by atoms with E-state index in [4.69, 9.17) is 9.47 Å². The van der Waals surface area contributed by atoms with Crippen LogP contribution in [0, 0.1) is 6.92 Å². The molecular formula is C20H24N4O3. The summed E-state index contributed by atoms with van der Waals surface area (Å²) in [7, 11) is 3.34. The SMILES string of the molecule is COc1ccc(CN2CCC(c3cc4nc(C)cc(=O)n4[nH]3)C2)c(OC)c1. The van der Waals surface area contributed by atoms with Crippen molar-refractivity contribution in [2.75, 3.05) is 27.3 Å². The largest absolute Gasteiger partial charge is 0.497 e. The molecule has 1 unspecified atom stereocenters. The quantitative estimate of drug-likeness (QED) is 0.748. The Morgan fingerprint density at radius 2 is 2.07 bits per heavy atom. The van der Waals surface area contributed by atoms with Crippen LogP contribution >= 0.6 is 0 Å². The number of ether oxygens (including phenoxy) is 2. The summed E-state index contributed by atoms with van der Waals surface area (Å²) < 4.78 is 12.3. The number of rotatable bonds is 5. The summed E-state index contributed by atoms with van der Waals surface area (Å²) in [6, 6.07) is 9.48. The lowest BCUT2D eigenvalue weighted by Gasteiger charge is -2.18. The second-order valence-corrected chi connectivity index (χ2v) is 7.04. The van der Waals surface area contributed by atoms with Gasteiger partial charge in [-0.3, -0.25) is 14.8 Å². The highest BCUT2D eigenvalue weighted by molar-refractivity contribution is 5.42. The van der Waals surface area contributed by atoms with Crippen LogP contribution in [0.2, 0.25) is 0 Å². The predicted molar refractivity (Wildman–Crippen MR) is 103 cm³/mol. The number of aromatic amines is 1. The first-order valence-electron chi connectivity index (χ1n) is 9.10. The minimum absolute atomic E-state index is 0.0680. The van der Waals surface area contributed by atoms with Crippen molar-refractivity contribution >= 4 is 5.65 Å². The first-order valence-corrected chi connectivity index (χ1v) is 9.10. The second kappa shape index (κ2) is 7.08. The molecule has 1 aliphatic heterocycles. The summed E-state index contributed by atoms with van der Waals surface area (Å²) in [4.78, 5) is 19.0. The zero-order valence-electron chi connectivity index (χ0n) is 15.9. The van der Waals surface area contributed by atoms with Gasteiger partial charge in [-0.2, -0.15) is 0 Å². The van der Waals surface area contributed by atoms with Gasteiger partial charge in [0, 0.05) is 54.2 Å². The molecule has 2 aromatic heterocycles. The minimum atomic E-state index is -0.0680. The number of methoxy groups -OCH3 is 2. The fraction of sp³-hybridized carbons (Fsp3) is 0.400. The molecule has 27 heavy (non-hydrogen) atoms. The van der Waals surface area contributed by atoms with Gasteiger partial charge in [-0.15, -0.1) is 0 Å². The summed E-state index contributed by atoms with van der Waals surface area (Å²) in [6.07, 6.45) is 1.04. The molecule has 7 heteroatoms. The lowest BCUT2D eigenvalue weighted by Crippen LogP contribution is -2.20. The molecule has 0 bridgehead atoms. The van der Waals surface area contributed by atoms with Gasteiger partial charge < -0.3 is 9.47 Å². The van der Waals surface area contributed by atoms with Crippen LogP contribution < -0.4 is 15.0 Å². The Morgan fingerprint density at radius 1 is 1.22 bits per heavy atom. The van der Waals surface area contributed by atoms with Crippen LogP contribution in [0.3, 0.4) is 0 Å². The van der Waals surface area contributed by atoms with E-state index in [1.807, 2.05) is 25.1 Å². The lowest BCUT2D eigenvalue weighted by atomic mass is 10.1. The fourth-order valence-corrected chi connectivity index (χ4v) is 3.79. The van der Waals surface area contributed by atoms with Crippen LogP contribution in [-0.2, 0) is 6.54 Å². The maximum absolute atomic E-state index is 12.1. The Bertz CT molecular complexity index is 1020. The summed E-state index contributed by atoms with van der Waals surface area (Å²) in [6.45, 7) is 4.58. The molecule has 4 rings (SSSR count). The Labute approximate surface area is 157 Å². The standard InChI is InChI=1S/C20H24N4O3/c1-13-8-20(25)24-19(21-13)10-17(22-24)14-6-7-23(11-14)12-15-4-5-16(26-2)9-18(15)27-3/h4-5,8-10,14,22H,6-7,11-12H2,1-3H3. The fourth-order valence-electron chi connectivity index (χ4n) is 3.79. The number of H-pyrrole nitrogens is 1. The van der Waals surface area contributed by atoms with Crippen LogP contribution in [0.1, 0.15) is 29.3 Å². The van der Waals surface area contributed by atoms with E-state index < -0.39 is 0 Å². The average Bonchev–Trinajstić information content (AvgIpc) is 3.29. The molecule has 1 saturated heterocycles. The lowest BCUT2D eigenvalue weighted by molar-refractivity contribution is 0.315. The van der Waals surface area contributed by atoms with Crippen LogP contribution in [0.25, 0.3) is 5.65 Å². The molecule has 3 heterocycles. The van der Waals surface area contributed by atoms with E-state index in [1.165, 1.54) is 4.52 Å². The molecule has 1 atom stereocenters. The van der Waals surface area contributed by atoms with Crippen LogP contribution in [0.5, 0.6) is 11.5 Å². The molecule has 0 aliphatic carbocycles. The van der Waals surface area contributed by atoms with Gasteiger partial charge in [-0.05, 0) is 26.0 Å². The van der Waals surface area contributed by atoms with E-state index in [0.29, 0.717) is 11.6 Å². The Hall–Kier alpha value is -2.80. The van der Waals surface area contributed by atoms with E-state index in [2.05, 4.69) is 21.0 Å². The monoisotopic (exact) mass is 368 g/mol. The maximum atomic E-state index is 12.1. The molecule has 0 radical (unpaired) electrons. The van der Waals surface area contributed by atoms with Crippen molar-refractivity contribution in [3.05, 3.63) is 57.6 Å². The van der Waals surface area contributed by atoms with Gasteiger partial charge in [-0.25, -0.2) is 9.50 Å². The van der Waals surface area contributed by atoms with Crippen molar-refractivity contribution in [3.63, 3.8) is 0 Å². The van der Waals surface area contributed by atoms with Crippen molar-refractivity contribution in [1.29, 1.82) is 0 Å². The summed E-state index contributed by atoms with van der Waals surface area (Å²) in [5, 5.41) is 3.23. The highest BCUT2D eigenvalue weighted by Gasteiger charge is 2.26. The van der Waals surface area contributed by atoms with E-state index >= 15 is 0 Å². The predicted octanol–water partition coefficient (Wildman–Crippen LogP) is 2.34. The Kier molecular flexibility index (Phi) is 4.61. The van der Waals surface area contributed by atoms with Gasteiger partial charge in [0.1, 0.15) is 11.5 Å². The summed E-state index contributed by atoms with van der Waals surface area (Å²) in [5.41, 5.74) is 3.57. The molecule has 3 aromatic rings. The molecule has 0 spiro atoms. The van der Waals surface area contributed by atoms with Crippen LogP contribution in [0.4, 0.5) is 0 Å². The summed E-state index contributed by atoms with van der Waals surface area (Å²) in [5.74, 6) is 1.99. The van der Waals surface area contributed by atoms with Crippen molar-refractivity contribution in [2.45, 2.75) is 25.8 Å². The molecule has 0 amide bonds. The summed E-state index contributed by atoms with van der Waals surface area (Å²) >= 11 is 0. The molecule has 1 aromatic carbocycles. The topological polar surface area (TPSA) is 71.9 Å². The van der Waals surface area contributed by atoms with Crippen molar-refractivity contribution in [2.24, 2.45) is 0 Å². The smallest absolute Gasteiger partial charge is 0.272 e. The molecule has 1 fully saturated rings. The van der Waals surface area contributed by atoms with Crippen LogP contribution in [0.15, 0.2) is 35.1 Å². The number of aromatic nitrogens is 3. The molecule has 7 nitrogen and oxygen atoms in total. The number of likely N-dealkylation sites (tertiary alicyclic amines) is 1. The van der Waals surface area contributed by atoms with E-state index in [1.54, 1.807) is 20.3 Å². The second-order valence-electron chi connectivity index (χ2n) is 7.04. The Balaban J connectivity index is 1.51. The Morgan fingerprint density at radius 3 is 2.85 bits per heavy atom. The highest BCUT2D eigenvalue weighted by Crippen LogP contribution is 2.31. The molecule has 1 N–H and O–H groups in total. The van der Waals surface area contributed by atoms with Gasteiger partial charge in [0.2, 0.25) is 0 Å². The maximum Gasteiger partial charge on any atom is 0.272 e.